The van der Waals surface area contributed by atoms with Gasteiger partial charge >= 0.3 is 12.0 Å². The number of aromatic nitrogens is 6. The second-order valence-corrected chi connectivity index (χ2v) is 5.85. The highest BCUT2D eigenvalue weighted by molar-refractivity contribution is 5.88. The summed E-state index contributed by atoms with van der Waals surface area (Å²) in [5.74, 6) is 0.293. The molecule has 1 saturated heterocycles. The maximum absolute atomic E-state index is 12.0. The van der Waals surface area contributed by atoms with Gasteiger partial charge in [0.25, 0.3) is 5.95 Å². The van der Waals surface area contributed by atoms with Crippen LogP contribution in [-0.4, -0.2) is 62.2 Å². The van der Waals surface area contributed by atoms with E-state index < -0.39 is 5.97 Å². The maximum Gasteiger partial charge on any atom is 0.360 e. The minimum Gasteiger partial charge on any atom is -0.464 e. The van der Waals surface area contributed by atoms with Gasteiger partial charge in [0.2, 0.25) is 5.95 Å². The topological polar surface area (TPSA) is 108 Å². The van der Waals surface area contributed by atoms with Crippen molar-refractivity contribution in [2.24, 2.45) is 0 Å². The van der Waals surface area contributed by atoms with Crippen LogP contribution in [0, 0.1) is 6.92 Å². The molecule has 1 fully saturated rings. The molecule has 3 rings (SSSR count). The van der Waals surface area contributed by atoms with Crippen molar-refractivity contribution in [2.45, 2.75) is 40.0 Å². The zero-order chi connectivity index (χ0) is 18.5. The summed E-state index contributed by atoms with van der Waals surface area (Å²) in [6, 6.07) is 0.227. The number of esters is 1. The molecule has 140 valence electrons. The average molecular weight is 361 g/mol. The molecule has 1 aliphatic heterocycles. The predicted octanol–water partition coefficient (Wildman–Crippen LogP) is 1.33. The zero-order valence-electron chi connectivity index (χ0n) is 15.3. The number of piperidine rings is 1. The van der Waals surface area contributed by atoms with E-state index in [0.29, 0.717) is 18.2 Å². The van der Waals surface area contributed by atoms with Crippen LogP contribution in [0.5, 0.6) is 6.01 Å². The fourth-order valence-corrected chi connectivity index (χ4v) is 2.77. The first-order chi connectivity index (χ1) is 12.6. The quantitative estimate of drug-likeness (QED) is 0.704. The van der Waals surface area contributed by atoms with E-state index in [9.17, 15) is 4.79 Å². The van der Waals surface area contributed by atoms with Crippen molar-refractivity contribution in [1.82, 2.24) is 29.9 Å². The van der Waals surface area contributed by atoms with E-state index in [2.05, 4.69) is 30.2 Å². The third-order valence-corrected chi connectivity index (χ3v) is 4.06. The summed E-state index contributed by atoms with van der Waals surface area (Å²) in [5.41, 5.74) is 0.645. The molecule has 0 unspecified atom stereocenters. The van der Waals surface area contributed by atoms with Gasteiger partial charge in [0, 0.05) is 13.1 Å². The summed E-state index contributed by atoms with van der Waals surface area (Å²) in [6.45, 7) is 7.81. The lowest BCUT2D eigenvalue weighted by atomic mass is 10.1. The fourth-order valence-electron chi connectivity index (χ4n) is 2.77. The second kappa shape index (κ2) is 8.07. The Kier molecular flexibility index (Phi) is 5.59. The number of ether oxygens (including phenoxy) is 2. The number of hydrogen-bond acceptors (Lipinski definition) is 9. The van der Waals surface area contributed by atoms with E-state index in [1.165, 1.54) is 11.1 Å². The van der Waals surface area contributed by atoms with E-state index in [1.807, 2.05) is 6.92 Å². The summed E-state index contributed by atoms with van der Waals surface area (Å²) in [6.07, 6.45) is 3.40. The van der Waals surface area contributed by atoms with Crippen LogP contribution >= 0.6 is 0 Å². The van der Waals surface area contributed by atoms with Gasteiger partial charge in [0.15, 0.2) is 5.69 Å². The molecular formula is C16H23N7O3. The van der Waals surface area contributed by atoms with Crippen LogP contribution in [0.15, 0.2) is 0 Å². The highest BCUT2D eigenvalue weighted by Crippen LogP contribution is 2.20. The molecular weight excluding hydrogens is 338 g/mol. The van der Waals surface area contributed by atoms with E-state index in [1.54, 1.807) is 13.8 Å². The summed E-state index contributed by atoms with van der Waals surface area (Å²) in [7, 11) is 0. The van der Waals surface area contributed by atoms with Crippen molar-refractivity contribution in [3.8, 4) is 12.0 Å². The van der Waals surface area contributed by atoms with Crippen molar-refractivity contribution in [3.63, 3.8) is 0 Å². The Morgan fingerprint density at radius 3 is 2.46 bits per heavy atom. The Labute approximate surface area is 151 Å². The molecule has 0 spiro atoms. The lowest BCUT2D eigenvalue weighted by Gasteiger charge is -2.26. The van der Waals surface area contributed by atoms with Gasteiger partial charge in [-0.3, -0.25) is 0 Å². The Balaban J connectivity index is 1.98. The monoisotopic (exact) mass is 361 g/mol. The Bertz CT molecular complexity index is 771. The van der Waals surface area contributed by atoms with Crippen LogP contribution in [0.1, 0.15) is 49.3 Å². The Morgan fingerprint density at radius 1 is 1.04 bits per heavy atom. The van der Waals surface area contributed by atoms with E-state index in [-0.39, 0.29) is 24.3 Å². The van der Waals surface area contributed by atoms with Gasteiger partial charge in [-0.25, -0.2) is 4.79 Å². The smallest absolute Gasteiger partial charge is 0.360 e. The summed E-state index contributed by atoms with van der Waals surface area (Å²) < 4.78 is 11.9. The molecule has 0 amide bonds. The molecule has 10 heteroatoms. The Morgan fingerprint density at radius 2 is 1.77 bits per heavy atom. The molecule has 0 saturated carbocycles. The van der Waals surface area contributed by atoms with Gasteiger partial charge in [0.1, 0.15) is 0 Å². The first-order valence-electron chi connectivity index (χ1n) is 8.87. The van der Waals surface area contributed by atoms with Crippen molar-refractivity contribution >= 4 is 11.9 Å². The van der Waals surface area contributed by atoms with Crippen LogP contribution in [0.3, 0.4) is 0 Å². The molecule has 3 heterocycles. The number of nitrogens with zero attached hydrogens (tertiary/aromatic N) is 7. The molecule has 2 aromatic rings. The van der Waals surface area contributed by atoms with Crippen LogP contribution in [0.2, 0.25) is 0 Å². The lowest BCUT2D eigenvalue weighted by molar-refractivity contribution is 0.0518. The number of hydrogen-bond donors (Lipinski definition) is 0. The molecule has 2 aromatic heterocycles. The summed E-state index contributed by atoms with van der Waals surface area (Å²) >= 11 is 0. The fraction of sp³-hybridized carbons (Fsp3) is 0.625. The van der Waals surface area contributed by atoms with Gasteiger partial charge in [-0.2, -0.15) is 19.6 Å². The lowest BCUT2D eigenvalue weighted by Crippen LogP contribution is -2.31. The molecule has 0 aliphatic carbocycles. The van der Waals surface area contributed by atoms with Gasteiger partial charge in [-0.1, -0.05) is 5.21 Å². The summed E-state index contributed by atoms with van der Waals surface area (Å²) in [4.78, 5) is 27.3. The van der Waals surface area contributed by atoms with Gasteiger partial charge in [-0.05, 0) is 40.0 Å². The second-order valence-electron chi connectivity index (χ2n) is 5.85. The number of rotatable bonds is 6. The Hall–Kier alpha value is -2.78. The molecule has 1 aliphatic rings. The van der Waals surface area contributed by atoms with Gasteiger partial charge < -0.3 is 14.4 Å². The SMILES string of the molecule is CCOC(=O)c1nnn(-c2nc(OCC)nc(N3CCCCC3)n2)c1C. The third-order valence-electron chi connectivity index (χ3n) is 4.06. The van der Waals surface area contributed by atoms with E-state index in [0.717, 1.165) is 25.9 Å². The van der Waals surface area contributed by atoms with Crippen LogP contribution in [0.4, 0.5) is 5.95 Å². The third kappa shape index (κ3) is 3.73. The molecule has 0 aromatic carbocycles. The van der Waals surface area contributed by atoms with Crippen molar-refractivity contribution in [1.29, 1.82) is 0 Å². The maximum atomic E-state index is 12.0. The molecule has 0 N–H and O–H groups in total. The number of carbonyl (C=O) groups is 1. The molecule has 0 bridgehead atoms. The molecule has 26 heavy (non-hydrogen) atoms. The van der Waals surface area contributed by atoms with E-state index in [4.69, 9.17) is 9.47 Å². The first kappa shape index (κ1) is 18.0. The van der Waals surface area contributed by atoms with Crippen LogP contribution < -0.4 is 9.64 Å². The molecule has 0 atom stereocenters. The van der Waals surface area contributed by atoms with Gasteiger partial charge in [0.05, 0.1) is 18.9 Å². The molecule has 0 radical (unpaired) electrons. The van der Waals surface area contributed by atoms with Crippen LogP contribution in [-0.2, 0) is 4.74 Å². The molecule has 10 nitrogen and oxygen atoms in total. The van der Waals surface area contributed by atoms with Crippen molar-refractivity contribution in [2.75, 3.05) is 31.2 Å². The predicted molar refractivity (Wildman–Crippen MR) is 92.7 cm³/mol. The van der Waals surface area contributed by atoms with Crippen molar-refractivity contribution < 1.29 is 14.3 Å². The standard InChI is InChI=1S/C16H23N7O3/c1-4-25-13(24)12-11(3)23(21-20-12)15-17-14(18-16(19-15)26-5-2)22-9-7-6-8-10-22/h4-10H2,1-3H3. The number of anilines is 1. The summed E-state index contributed by atoms with van der Waals surface area (Å²) in [5, 5.41) is 7.93. The highest BCUT2D eigenvalue weighted by atomic mass is 16.5. The minimum absolute atomic E-state index is 0.143. The average Bonchev–Trinajstić information content (AvgIpc) is 3.04. The highest BCUT2D eigenvalue weighted by Gasteiger charge is 2.22. The largest absolute Gasteiger partial charge is 0.464 e. The first-order valence-corrected chi connectivity index (χ1v) is 8.87. The van der Waals surface area contributed by atoms with Crippen molar-refractivity contribution in [3.05, 3.63) is 11.4 Å². The number of carbonyl (C=O) groups excluding carboxylic acids is 1. The van der Waals surface area contributed by atoms with E-state index >= 15 is 0 Å². The zero-order valence-corrected chi connectivity index (χ0v) is 15.3. The van der Waals surface area contributed by atoms with Crippen LogP contribution in [0.25, 0.3) is 5.95 Å². The normalized spacial score (nSPS) is 14.3. The van der Waals surface area contributed by atoms with Gasteiger partial charge in [-0.15, -0.1) is 5.10 Å². The minimum atomic E-state index is -0.522.